The van der Waals surface area contributed by atoms with E-state index in [4.69, 9.17) is 9.84 Å². The minimum atomic E-state index is -0.651. The highest BCUT2D eigenvalue weighted by Crippen LogP contribution is 2.15. The molecule has 0 aromatic heterocycles. The van der Waals surface area contributed by atoms with E-state index in [-0.39, 0.29) is 0 Å². The number of carbonyl (C=O) groups is 1. The van der Waals surface area contributed by atoms with Crippen molar-refractivity contribution in [2.24, 2.45) is 0 Å². The van der Waals surface area contributed by atoms with Gasteiger partial charge in [0.25, 0.3) is 0 Å². The number of hydrogen-bond donors (Lipinski definition) is 1. The lowest BCUT2D eigenvalue weighted by Gasteiger charge is -2.04. The molecule has 0 aliphatic heterocycles. The third-order valence-electron chi connectivity index (χ3n) is 6.78. The van der Waals surface area contributed by atoms with E-state index in [2.05, 4.69) is 6.92 Å². The van der Waals surface area contributed by atoms with E-state index in [0.29, 0.717) is 6.42 Å². The van der Waals surface area contributed by atoms with Crippen LogP contribution in [0.4, 0.5) is 0 Å². The molecule has 3 nitrogen and oxygen atoms in total. The fourth-order valence-electron chi connectivity index (χ4n) is 4.62. The van der Waals surface area contributed by atoms with Gasteiger partial charge in [0.05, 0.1) is 0 Å². The van der Waals surface area contributed by atoms with E-state index >= 15 is 0 Å². The van der Waals surface area contributed by atoms with Gasteiger partial charge < -0.3 is 9.84 Å². The summed E-state index contributed by atoms with van der Waals surface area (Å²) in [4.78, 5) is 10.4. The van der Waals surface area contributed by atoms with Crippen LogP contribution in [0.1, 0.15) is 174 Å². The van der Waals surface area contributed by atoms with E-state index in [9.17, 15) is 4.79 Å². The number of unbranched alkanes of at least 4 members (excludes halogenated alkanes) is 23. The molecule has 3 heteroatoms. The Kier molecular flexibility index (Phi) is 29.0. The molecule has 33 heavy (non-hydrogen) atoms. The van der Waals surface area contributed by atoms with Gasteiger partial charge in [0, 0.05) is 19.6 Å². The highest BCUT2D eigenvalue weighted by molar-refractivity contribution is 5.66. The predicted molar refractivity (Wildman–Crippen MR) is 144 cm³/mol. The van der Waals surface area contributed by atoms with Gasteiger partial charge in [0.2, 0.25) is 0 Å². The Bertz CT molecular complexity index is 370. The zero-order valence-electron chi connectivity index (χ0n) is 22.6. The van der Waals surface area contributed by atoms with Crippen molar-refractivity contribution in [1.82, 2.24) is 0 Å². The van der Waals surface area contributed by atoms with E-state index in [1.54, 1.807) is 0 Å². The molecule has 0 aliphatic carbocycles. The molecule has 0 aliphatic rings. The van der Waals surface area contributed by atoms with Gasteiger partial charge in [0.1, 0.15) is 0 Å². The third-order valence-corrected chi connectivity index (χ3v) is 6.78. The van der Waals surface area contributed by atoms with Gasteiger partial charge in [-0.05, 0) is 19.3 Å². The number of carboxylic acid groups (broad SMARTS) is 1. The Balaban J connectivity index is 3.01. The Morgan fingerprint density at radius 1 is 0.455 bits per heavy atom. The summed E-state index contributed by atoms with van der Waals surface area (Å²) in [6, 6.07) is 0. The van der Waals surface area contributed by atoms with Gasteiger partial charge in [-0.15, -0.1) is 0 Å². The zero-order chi connectivity index (χ0) is 24.1. The highest BCUT2D eigenvalue weighted by Gasteiger charge is 1.98. The van der Waals surface area contributed by atoms with Gasteiger partial charge in [-0.2, -0.15) is 0 Å². The molecule has 0 amide bonds. The number of aliphatic carboxylic acids is 1. The second-order valence-corrected chi connectivity index (χ2v) is 10.2. The lowest BCUT2D eigenvalue weighted by molar-refractivity contribution is -0.137. The van der Waals surface area contributed by atoms with Crippen molar-refractivity contribution in [3.05, 3.63) is 0 Å². The van der Waals surface area contributed by atoms with Crippen LogP contribution in [0.3, 0.4) is 0 Å². The maximum absolute atomic E-state index is 10.4. The average Bonchev–Trinajstić information content (AvgIpc) is 2.80. The van der Waals surface area contributed by atoms with Crippen LogP contribution >= 0.6 is 0 Å². The van der Waals surface area contributed by atoms with E-state index in [1.807, 2.05) is 0 Å². The Labute approximate surface area is 207 Å². The van der Waals surface area contributed by atoms with Gasteiger partial charge in [-0.3, -0.25) is 4.79 Å². The molecule has 0 spiro atoms. The molecule has 0 atom stereocenters. The first kappa shape index (κ1) is 32.4. The molecule has 0 radical (unpaired) electrons. The standard InChI is InChI=1S/C30H60O3/c1-2-28-33-29-26-24-22-20-18-16-14-12-10-8-6-4-3-5-7-9-11-13-15-17-19-21-23-25-27-30(31)32/h2-29H2,1H3,(H,31,32). The minimum Gasteiger partial charge on any atom is -0.481 e. The van der Waals surface area contributed by atoms with Gasteiger partial charge in [0.15, 0.2) is 0 Å². The monoisotopic (exact) mass is 468 g/mol. The van der Waals surface area contributed by atoms with Crippen LogP contribution in [-0.4, -0.2) is 24.3 Å². The van der Waals surface area contributed by atoms with Gasteiger partial charge in [-0.25, -0.2) is 0 Å². The summed E-state index contributed by atoms with van der Waals surface area (Å²) < 4.78 is 5.53. The zero-order valence-corrected chi connectivity index (χ0v) is 22.6. The van der Waals surface area contributed by atoms with Crippen LogP contribution < -0.4 is 0 Å². The quantitative estimate of drug-likeness (QED) is 0.111. The molecule has 0 aromatic rings. The second kappa shape index (κ2) is 29.5. The maximum atomic E-state index is 10.4. The summed E-state index contributed by atoms with van der Waals surface area (Å²) in [7, 11) is 0. The van der Waals surface area contributed by atoms with E-state index in [0.717, 1.165) is 32.5 Å². The number of hydrogen-bond acceptors (Lipinski definition) is 2. The first-order valence-corrected chi connectivity index (χ1v) is 15.1. The lowest BCUT2D eigenvalue weighted by atomic mass is 10.0. The molecular formula is C30H60O3. The van der Waals surface area contributed by atoms with Crippen LogP contribution in [0.25, 0.3) is 0 Å². The minimum absolute atomic E-state index is 0.344. The SMILES string of the molecule is CCCOCCCCCCCCCCCCCCCCCCCCCCCCCCC(=O)O. The molecule has 0 saturated heterocycles. The molecule has 0 fully saturated rings. The van der Waals surface area contributed by atoms with Crippen LogP contribution in [0.5, 0.6) is 0 Å². The third kappa shape index (κ3) is 31.4. The van der Waals surface area contributed by atoms with Gasteiger partial charge >= 0.3 is 5.97 Å². The van der Waals surface area contributed by atoms with Crippen molar-refractivity contribution in [2.45, 2.75) is 174 Å². The second-order valence-electron chi connectivity index (χ2n) is 10.2. The smallest absolute Gasteiger partial charge is 0.303 e. The van der Waals surface area contributed by atoms with E-state index in [1.165, 1.54) is 141 Å². The molecule has 0 heterocycles. The first-order valence-electron chi connectivity index (χ1n) is 15.1. The first-order chi connectivity index (χ1) is 16.3. The highest BCUT2D eigenvalue weighted by atomic mass is 16.5. The summed E-state index contributed by atoms with van der Waals surface area (Å²) in [5, 5.41) is 8.61. The molecule has 0 saturated carbocycles. The average molecular weight is 469 g/mol. The summed E-state index contributed by atoms with van der Waals surface area (Å²) in [6.45, 7) is 4.07. The van der Waals surface area contributed by atoms with Crippen molar-refractivity contribution in [2.75, 3.05) is 13.2 Å². The lowest BCUT2D eigenvalue weighted by Crippen LogP contribution is -1.95. The molecule has 0 rings (SSSR count). The Morgan fingerprint density at radius 3 is 1.00 bits per heavy atom. The maximum Gasteiger partial charge on any atom is 0.303 e. The summed E-state index contributed by atoms with van der Waals surface area (Å²) in [6.07, 6.45) is 34.2. The fraction of sp³-hybridized carbons (Fsp3) is 0.967. The fourth-order valence-corrected chi connectivity index (χ4v) is 4.62. The van der Waals surface area contributed by atoms with Crippen LogP contribution in [0.2, 0.25) is 0 Å². The summed E-state index contributed by atoms with van der Waals surface area (Å²) in [5.41, 5.74) is 0. The van der Waals surface area contributed by atoms with Crippen molar-refractivity contribution in [1.29, 1.82) is 0 Å². The van der Waals surface area contributed by atoms with Crippen molar-refractivity contribution >= 4 is 5.97 Å². The van der Waals surface area contributed by atoms with Crippen LogP contribution in [0.15, 0.2) is 0 Å². The molecule has 198 valence electrons. The van der Waals surface area contributed by atoms with Crippen molar-refractivity contribution in [3.8, 4) is 0 Å². The van der Waals surface area contributed by atoms with Crippen LogP contribution in [-0.2, 0) is 9.53 Å². The van der Waals surface area contributed by atoms with Crippen molar-refractivity contribution in [3.63, 3.8) is 0 Å². The Hall–Kier alpha value is -0.570. The number of ether oxygens (including phenoxy) is 1. The summed E-state index contributed by atoms with van der Waals surface area (Å²) >= 11 is 0. The number of carboxylic acids is 1. The molecular weight excluding hydrogens is 408 g/mol. The van der Waals surface area contributed by atoms with Gasteiger partial charge in [-0.1, -0.05) is 148 Å². The summed E-state index contributed by atoms with van der Waals surface area (Å²) in [5.74, 6) is -0.651. The molecule has 0 aromatic carbocycles. The van der Waals surface area contributed by atoms with Crippen molar-refractivity contribution < 1.29 is 14.6 Å². The molecule has 1 N–H and O–H groups in total. The Morgan fingerprint density at radius 2 is 0.727 bits per heavy atom. The van der Waals surface area contributed by atoms with E-state index < -0.39 is 5.97 Å². The number of rotatable bonds is 29. The normalized spacial score (nSPS) is 11.3. The molecule has 0 unspecified atom stereocenters. The van der Waals surface area contributed by atoms with Crippen LogP contribution in [0, 0.1) is 0 Å². The largest absolute Gasteiger partial charge is 0.481 e. The topological polar surface area (TPSA) is 46.5 Å². The molecule has 0 bridgehead atoms. The predicted octanol–water partition coefficient (Wildman–Crippen LogP) is 10.3.